The third kappa shape index (κ3) is 4.60. The lowest BCUT2D eigenvalue weighted by Crippen LogP contribution is -2.44. The van der Waals surface area contributed by atoms with E-state index in [-0.39, 0.29) is 6.03 Å². The van der Waals surface area contributed by atoms with Crippen molar-refractivity contribution < 1.29 is 9.90 Å². The number of amides is 2. The van der Waals surface area contributed by atoms with E-state index in [0.717, 1.165) is 37.2 Å². The van der Waals surface area contributed by atoms with Crippen LogP contribution in [0, 0.1) is 0 Å². The lowest BCUT2D eigenvalue weighted by atomic mass is 10.0. The van der Waals surface area contributed by atoms with E-state index >= 15 is 0 Å². The molecule has 1 fully saturated rings. The summed E-state index contributed by atoms with van der Waals surface area (Å²) in [5.74, 6) is 0.856. The van der Waals surface area contributed by atoms with Crippen molar-refractivity contribution in [2.75, 3.05) is 25.5 Å². The average Bonchev–Trinajstić information content (AvgIpc) is 2.90. The minimum atomic E-state index is -0.722. The van der Waals surface area contributed by atoms with E-state index in [1.807, 2.05) is 37.2 Å². The lowest BCUT2D eigenvalue weighted by Gasteiger charge is -2.22. The van der Waals surface area contributed by atoms with Crippen molar-refractivity contribution in [1.82, 2.24) is 15.6 Å². The first-order chi connectivity index (χ1) is 9.98. The Morgan fingerprint density at radius 2 is 2.05 bits per heavy atom. The number of nitrogens with one attached hydrogen (secondary N) is 2. The van der Waals surface area contributed by atoms with Gasteiger partial charge in [-0.1, -0.05) is 18.9 Å². The minimum Gasteiger partial charge on any atom is -0.388 e. The van der Waals surface area contributed by atoms with Crippen LogP contribution in [0.1, 0.15) is 31.4 Å². The molecule has 0 spiro atoms. The first kappa shape index (κ1) is 15.6. The van der Waals surface area contributed by atoms with E-state index < -0.39 is 5.60 Å². The van der Waals surface area contributed by atoms with Gasteiger partial charge in [0, 0.05) is 20.6 Å². The van der Waals surface area contributed by atoms with Gasteiger partial charge in [-0.15, -0.1) is 0 Å². The van der Waals surface area contributed by atoms with Gasteiger partial charge >= 0.3 is 6.03 Å². The summed E-state index contributed by atoms with van der Waals surface area (Å²) in [4.78, 5) is 18.1. The van der Waals surface area contributed by atoms with Crippen LogP contribution < -0.4 is 15.5 Å². The number of nitrogens with zero attached hydrogens (tertiary/aromatic N) is 2. The number of aromatic nitrogens is 1. The summed E-state index contributed by atoms with van der Waals surface area (Å²) >= 11 is 0. The maximum absolute atomic E-state index is 11.8. The van der Waals surface area contributed by atoms with E-state index in [4.69, 9.17) is 0 Å². The fourth-order valence-electron chi connectivity index (χ4n) is 2.50. The maximum atomic E-state index is 11.8. The second kappa shape index (κ2) is 6.76. The van der Waals surface area contributed by atoms with Crippen LogP contribution >= 0.6 is 0 Å². The predicted octanol–water partition coefficient (Wildman–Crippen LogP) is 1.25. The number of urea groups is 1. The van der Waals surface area contributed by atoms with E-state index in [2.05, 4.69) is 15.6 Å². The molecule has 6 nitrogen and oxygen atoms in total. The topological polar surface area (TPSA) is 77.5 Å². The Morgan fingerprint density at radius 1 is 1.33 bits per heavy atom. The number of pyridine rings is 1. The van der Waals surface area contributed by atoms with Crippen LogP contribution in [0.15, 0.2) is 18.2 Å². The van der Waals surface area contributed by atoms with Crippen LogP contribution in [-0.2, 0) is 6.54 Å². The summed E-state index contributed by atoms with van der Waals surface area (Å²) in [6, 6.07) is 5.43. The van der Waals surface area contributed by atoms with Gasteiger partial charge in [-0.2, -0.15) is 0 Å². The summed E-state index contributed by atoms with van der Waals surface area (Å²) in [7, 11) is 3.85. The van der Waals surface area contributed by atoms with Gasteiger partial charge in [0.1, 0.15) is 5.82 Å². The number of aliphatic hydroxyl groups is 1. The largest absolute Gasteiger partial charge is 0.388 e. The third-order valence-corrected chi connectivity index (χ3v) is 3.79. The molecule has 2 rings (SSSR count). The molecule has 3 N–H and O–H groups in total. The van der Waals surface area contributed by atoms with Crippen molar-refractivity contribution in [3.63, 3.8) is 0 Å². The van der Waals surface area contributed by atoms with Crippen LogP contribution in [0.5, 0.6) is 0 Å². The highest BCUT2D eigenvalue weighted by Crippen LogP contribution is 2.28. The molecular weight excluding hydrogens is 268 g/mol. The molecule has 0 unspecified atom stereocenters. The molecular formula is C15H24N4O2. The van der Waals surface area contributed by atoms with Crippen molar-refractivity contribution in [3.8, 4) is 0 Å². The smallest absolute Gasteiger partial charge is 0.315 e. The summed E-state index contributed by atoms with van der Waals surface area (Å²) < 4.78 is 0. The molecule has 21 heavy (non-hydrogen) atoms. The second-order valence-corrected chi connectivity index (χ2v) is 5.85. The molecule has 6 heteroatoms. The Kier molecular flexibility index (Phi) is 5.01. The van der Waals surface area contributed by atoms with Crippen LogP contribution in [0.3, 0.4) is 0 Å². The van der Waals surface area contributed by atoms with Gasteiger partial charge in [-0.25, -0.2) is 9.78 Å². The highest BCUT2D eigenvalue weighted by atomic mass is 16.3. The minimum absolute atomic E-state index is 0.271. The Balaban J connectivity index is 1.77. The molecule has 1 saturated carbocycles. The molecule has 0 bridgehead atoms. The number of rotatable bonds is 5. The normalized spacial score (nSPS) is 16.5. The molecule has 0 radical (unpaired) electrons. The molecule has 1 aliphatic carbocycles. The van der Waals surface area contributed by atoms with Crippen LogP contribution in [-0.4, -0.2) is 42.4 Å². The molecule has 1 aromatic heterocycles. The number of anilines is 1. The van der Waals surface area contributed by atoms with Gasteiger partial charge in [0.25, 0.3) is 0 Å². The van der Waals surface area contributed by atoms with E-state index in [1.54, 1.807) is 0 Å². The molecule has 1 heterocycles. The Morgan fingerprint density at radius 3 is 2.71 bits per heavy atom. The molecule has 0 aromatic carbocycles. The number of hydrogen-bond acceptors (Lipinski definition) is 4. The molecule has 1 aliphatic rings. The zero-order valence-corrected chi connectivity index (χ0v) is 12.7. The molecule has 116 valence electrons. The van der Waals surface area contributed by atoms with Crippen LogP contribution in [0.4, 0.5) is 10.6 Å². The van der Waals surface area contributed by atoms with E-state index in [9.17, 15) is 9.90 Å². The Labute approximate surface area is 125 Å². The number of carbonyl (C=O) groups excluding carboxylic acids is 1. The standard InChI is InChI=1S/C15H24N4O2/c1-19(2)13-7-5-6-12(18-13)10-16-14(20)17-11-15(21)8-3-4-9-15/h5-7,21H,3-4,8-11H2,1-2H3,(H2,16,17,20). The van der Waals surface area contributed by atoms with Crippen molar-refractivity contribution in [2.45, 2.75) is 37.8 Å². The zero-order valence-electron chi connectivity index (χ0n) is 12.7. The first-order valence-corrected chi connectivity index (χ1v) is 7.36. The number of hydrogen-bond donors (Lipinski definition) is 3. The highest BCUT2D eigenvalue weighted by Gasteiger charge is 2.31. The van der Waals surface area contributed by atoms with Gasteiger partial charge in [0.2, 0.25) is 0 Å². The van der Waals surface area contributed by atoms with Crippen LogP contribution in [0.2, 0.25) is 0 Å². The Bertz CT molecular complexity index is 484. The third-order valence-electron chi connectivity index (χ3n) is 3.79. The highest BCUT2D eigenvalue weighted by molar-refractivity contribution is 5.73. The molecule has 0 saturated heterocycles. The molecule has 0 atom stereocenters. The van der Waals surface area contributed by atoms with Gasteiger partial charge in [-0.3, -0.25) is 0 Å². The molecule has 0 aliphatic heterocycles. The monoisotopic (exact) mass is 292 g/mol. The number of carbonyl (C=O) groups is 1. The fourth-order valence-corrected chi connectivity index (χ4v) is 2.50. The van der Waals surface area contributed by atoms with Gasteiger partial charge in [-0.05, 0) is 25.0 Å². The summed E-state index contributed by atoms with van der Waals surface area (Å²) in [5, 5.41) is 15.7. The van der Waals surface area contributed by atoms with Gasteiger partial charge < -0.3 is 20.6 Å². The quantitative estimate of drug-likeness (QED) is 0.763. The summed E-state index contributed by atoms with van der Waals surface area (Å²) in [6.45, 7) is 0.677. The van der Waals surface area contributed by atoms with Gasteiger partial charge in [0.05, 0.1) is 17.8 Å². The first-order valence-electron chi connectivity index (χ1n) is 7.36. The Hall–Kier alpha value is -1.82. The predicted molar refractivity (Wildman–Crippen MR) is 82.2 cm³/mol. The van der Waals surface area contributed by atoms with Crippen molar-refractivity contribution in [1.29, 1.82) is 0 Å². The van der Waals surface area contributed by atoms with Crippen molar-refractivity contribution in [2.24, 2.45) is 0 Å². The van der Waals surface area contributed by atoms with E-state index in [1.165, 1.54) is 0 Å². The average molecular weight is 292 g/mol. The van der Waals surface area contributed by atoms with Crippen LogP contribution in [0.25, 0.3) is 0 Å². The second-order valence-electron chi connectivity index (χ2n) is 5.85. The van der Waals surface area contributed by atoms with Gasteiger partial charge in [0.15, 0.2) is 0 Å². The summed E-state index contributed by atoms with van der Waals surface area (Å²) in [5.41, 5.74) is 0.0800. The van der Waals surface area contributed by atoms with Crippen molar-refractivity contribution >= 4 is 11.8 Å². The zero-order chi connectivity index (χ0) is 15.3. The molecule has 2 amide bonds. The van der Waals surface area contributed by atoms with Crippen molar-refractivity contribution in [3.05, 3.63) is 23.9 Å². The molecule has 1 aromatic rings. The maximum Gasteiger partial charge on any atom is 0.315 e. The summed E-state index contributed by atoms with van der Waals surface area (Å²) in [6.07, 6.45) is 3.58. The van der Waals surface area contributed by atoms with E-state index in [0.29, 0.717) is 13.1 Å². The lowest BCUT2D eigenvalue weighted by molar-refractivity contribution is 0.0501. The fraction of sp³-hybridized carbons (Fsp3) is 0.600. The SMILES string of the molecule is CN(C)c1cccc(CNC(=O)NCC2(O)CCCC2)n1.